The van der Waals surface area contributed by atoms with E-state index in [1.54, 1.807) is 20.8 Å². The van der Waals surface area contributed by atoms with Gasteiger partial charge in [-0.1, -0.05) is 26.8 Å². The summed E-state index contributed by atoms with van der Waals surface area (Å²) in [5.41, 5.74) is -1.54. The van der Waals surface area contributed by atoms with Crippen LogP contribution in [0.25, 0.3) is 22.6 Å². The molecule has 3 aromatic rings. The molecule has 3 rings (SSSR count). The molecule has 2 N–H and O–H groups in total. The highest BCUT2D eigenvalue weighted by Gasteiger charge is 2.32. The molecule has 0 radical (unpaired) electrons. The molecule has 1 amide bonds. The fourth-order valence-corrected chi connectivity index (χ4v) is 2.76. The zero-order valence-electron chi connectivity index (χ0n) is 17.5. The molecule has 0 unspecified atom stereocenters. The third-order valence-corrected chi connectivity index (χ3v) is 4.51. The summed E-state index contributed by atoms with van der Waals surface area (Å²) >= 11 is 0. The van der Waals surface area contributed by atoms with Crippen molar-refractivity contribution < 1.29 is 22.4 Å². The average Bonchev–Trinajstić information content (AvgIpc) is 2.71. The van der Waals surface area contributed by atoms with Crippen LogP contribution < -0.4 is 10.9 Å². The first-order chi connectivity index (χ1) is 14.8. The second kappa shape index (κ2) is 8.52. The van der Waals surface area contributed by atoms with E-state index in [1.807, 2.05) is 0 Å². The maximum atomic E-state index is 14.5. The number of pyridine rings is 1. The van der Waals surface area contributed by atoms with Gasteiger partial charge in [-0.05, 0) is 29.8 Å². The van der Waals surface area contributed by atoms with Gasteiger partial charge >= 0.3 is 6.18 Å². The first kappa shape index (κ1) is 23.1. The van der Waals surface area contributed by atoms with Crippen molar-refractivity contribution in [1.82, 2.24) is 20.3 Å². The van der Waals surface area contributed by atoms with Gasteiger partial charge in [-0.15, -0.1) is 0 Å². The molecule has 0 aliphatic rings. The van der Waals surface area contributed by atoms with E-state index in [1.165, 1.54) is 18.2 Å². The van der Waals surface area contributed by atoms with Crippen molar-refractivity contribution in [2.75, 3.05) is 0 Å². The summed E-state index contributed by atoms with van der Waals surface area (Å²) in [6.45, 7) is 5.41. The summed E-state index contributed by atoms with van der Waals surface area (Å²) in [4.78, 5) is 34.2. The fraction of sp³-hybridized carbons (Fsp3) is 0.273. The number of rotatable bonds is 4. The smallest absolute Gasteiger partial charge is 0.352 e. The van der Waals surface area contributed by atoms with Crippen molar-refractivity contribution >= 4 is 5.91 Å². The zero-order chi connectivity index (χ0) is 23.7. The number of carbonyl (C=O) groups is 1. The maximum absolute atomic E-state index is 14.5. The van der Waals surface area contributed by atoms with Crippen molar-refractivity contribution in [3.05, 3.63) is 70.0 Å². The molecule has 2 aromatic heterocycles. The SMILES string of the molecule is CC(C)(C)C(=O)NCc1ccc(F)c(-c2nc(-c3ccc(C(F)(F)F)nc3)cc(=O)[nH]2)c1. The number of alkyl halides is 3. The molecular formula is C22H20F4N4O2. The number of aromatic amines is 1. The van der Waals surface area contributed by atoms with E-state index in [0.717, 1.165) is 24.4 Å². The van der Waals surface area contributed by atoms with Gasteiger partial charge in [0.05, 0.1) is 11.3 Å². The second-order valence-electron chi connectivity index (χ2n) is 8.16. The van der Waals surface area contributed by atoms with Crippen molar-refractivity contribution in [1.29, 1.82) is 0 Å². The second-order valence-corrected chi connectivity index (χ2v) is 8.16. The molecule has 0 saturated heterocycles. The molecule has 1 aromatic carbocycles. The van der Waals surface area contributed by atoms with Crippen molar-refractivity contribution in [2.45, 2.75) is 33.5 Å². The van der Waals surface area contributed by atoms with Crippen molar-refractivity contribution in [3.63, 3.8) is 0 Å². The number of hydrogen-bond donors (Lipinski definition) is 2. The van der Waals surface area contributed by atoms with E-state index < -0.39 is 28.7 Å². The highest BCUT2D eigenvalue weighted by molar-refractivity contribution is 5.81. The van der Waals surface area contributed by atoms with E-state index in [0.29, 0.717) is 5.56 Å². The summed E-state index contributed by atoms with van der Waals surface area (Å²) in [6.07, 6.45) is -3.65. The zero-order valence-corrected chi connectivity index (χ0v) is 17.5. The Hall–Kier alpha value is -3.56. The molecule has 6 nitrogen and oxygen atoms in total. The van der Waals surface area contributed by atoms with E-state index >= 15 is 0 Å². The number of nitrogens with zero attached hydrogens (tertiary/aromatic N) is 2. The van der Waals surface area contributed by atoms with E-state index in [2.05, 4.69) is 20.3 Å². The van der Waals surface area contributed by atoms with E-state index in [9.17, 15) is 27.2 Å². The highest BCUT2D eigenvalue weighted by atomic mass is 19.4. The molecule has 0 aliphatic carbocycles. The topological polar surface area (TPSA) is 87.7 Å². The first-order valence-electron chi connectivity index (χ1n) is 9.57. The van der Waals surface area contributed by atoms with Crippen LogP contribution in [0.5, 0.6) is 0 Å². The number of benzene rings is 1. The standard InChI is InChI=1S/C22H20F4N4O2/c1-21(2,3)20(32)28-10-12-4-6-15(23)14(8-12)19-29-16(9-18(31)30-19)13-5-7-17(27-11-13)22(24,25)26/h4-9,11H,10H2,1-3H3,(H,28,32)(H,29,30,31). The number of H-pyrrole nitrogens is 1. The van der Waals surface area contributed by atoms with Gasteiger partial charge in [0, 0.05) is 29.8 Å². The minimum absolute atomic E-state index is 0.0219. The Kier molecular flexibility index (Phi) is 6.16. The van der Waals surface area contributed by atoms with Gasteiger partial charge in [-0.3, -0.25) is 14.6 Å². The molecule has 32 heavy (non-hydrogen) atoms. The number of aromatic nitrogens is 3. The quantitative estimate of drug-likeness (QED) is 0.582. The van der Waals surface area contributed by atoms with Crippen LogP contribution in [-0.2, 0) is 17.5 Å². The predicted octanol–water partition coefficient (Wildman–Crippen LogP) is 4.32. The molecular weight excluding hydrogens is 428 g/mol. The largest absolute Gasteiger partial charge is 0.433 e. The molecule has 0 bridgehead atoms. The lowest BCUT2D eigenvalue weighted by Gasteiger charge is -2.18. The molecule has 0 spiro atoms. The maximum Gasteiger partial charge on any atom is 0.433 e. The summed E-state index contributed by atoms with van der Waals surface area (Å²) in [5.74, 6) is -0.956. The monoisotopic (exact) mass is 448 g/mol. The van der Waals surface area contributed by atoms with Gasteiger partial charge < -0.3 is 10.3 Å². The van der Waals surface area contributed by atoms with Crippen LogP contribution in [0.15, 0.2) is 47.4 Å². The summed E-state index contributed by atoms with van der Waals surface area (Å²) < 4.78 is 52.7. The lowest BCUT2D eigenvalue weighted by molar-refractivity contribution is -0.141. The van der Waals surface area contributed by atoms with Crippen LogP contribution in [-0.4, -0.2) is 20.9 Å². The Morgan fingerprint density at radius 1 is 1.09 bits per heavy atom. The molecule has 0 atom stereocenters. The summed E-state index contributed by atoms with van der Waals surface area (Å²) in [6, 6.07) is 7.10. The van der Waals surface area contributed by atoms with Gasteiger partial charge in [0.25, 0.3) is 5.56 Å². The van der Waals surface area contributed by atoms with Crippen LogP contribution in [0, 0.1) is 11.2 Å². The molecule has 2 heterocycles. The van der Waals surface area contributed by atoms with Gasteiger partial charge in [-0.25, -0.2) is 9.37 Å². The molecule has 10 heteroatoms. The van der Waals surface area contributed by atoms with Gasteiger partial charge in [0.1, 0.15) is 17.3 Å². The average molecular weight is 448 g/mol. The normalized spacial score (nSPS) is 12.0. The number of hydrogen-bond acceptors (Lipinski definition) is 4. The molecule has 0 aliphatic heterocycles. The first-order valence-corrected chi connectivity index (χ1v) is 9.57. The third kappa shape index (κ3) is 5.37. The van der Waals surface area contributed by atoms with Crippen LogP contribution in [0.3, 0.4) is 0 Å². The van der Waals surface area contributed by atoms with Crippen LogP contribution in [0.2, 0.25) is 0 Å². The minimum atomic E-state index is -4.60. The number of halogens is 4. The van der Waals surface area contributed by atoms with Gasteiger partial charge in [0.2, 0.25) is 5.91 Å². The van der Waals surface area contributed by atoms with E-state index in [-0.39, 0.29) is 35.1 Å². The van der Waals surface area contributed by atoms with Crippen LogP contribution >= 0.6 is 0 Å². The lowest BCUT2D eigenvalue weighted by atomic mass is 9.95. The van der Waals surface area contributed by atoms with Crippen molar-refractivity contribution in [2.24, 2.45) is 5.41 Å². The van der Waals surface area contributed by atoms with Gasteiger partial charge in [-0.2, -0.15) is 13.2 Å². The van der Waals surface area contributed by atoms with Crippen LogP contribution in [0.1, 0.15) is 32.0 Å². The lowest BCUT2D eigenvalue weighted by Crippen LogP contribution is -2.34. The Bertz CT molecular complexity index is 1200. The molecule has 0 fully saturated rings. The predicted molar refractivity (Wildman–Crippen MR) is 110 cm³/mol. The Morgan fingerprint density at radius 3 is 2.41 bits per heavy atom. The Morgan fingerprint density at radius 2 is 1.81 bits per heavy atom. The molecule has 0 saturated carbocycles. The molecule has 168 valence electrons. The van der Waals surface area contributed by atoms with Crippen LogP contribution in [0.4, 0.5) is 17.6 Å². The van der Waals surface area contributed by atoms with E-state index in [4.69, 9.17) is 0 Å². The number of amides is 1. The Balaban J connectivity index is 1.94. The Labute approximate surface area is 180 Å². The highest BCUT2D eigenvalue weighted by Crippen LogP contribution is 2.29. The number of nitrogens with one attached hydrogen (secondary N) is 2. The summed E-state index contributed by atoms with van der Waals surface area (Å²) in [5, 5.41) is 2.75. The van der Waals surface area contributed by atoms with Gasteiger partial charge in [0.15, 0.2) is 0 Å². The fourth-order valence-electron chi connectivity index (χ4n) is 2.76. The number of carbonyl (C=O) groups excluding carboxylic acids is 1. The summed E-state index contributed by atoms with van der Waals surface area (Å²) in [7, 11) is 0. The minimum Gasteiger partial charge on any atom is -0.352 e. The third-order valence-electron chi connectivity index (χ3n) is 4.51. The van der Waals surface area contributed by atoms with Crippen molar-refractivity contribution in [3.8, 4) is 22.6 Å².